The maximum Gasteiger partial charge on any atom is 0.259 e. The van der Waals surface area contributed by atoms with E-state index < -0.39 is 0 Å². The van der Waals surface area contributed by atoms with Gasteiger partial charge in [-0.3, -0.25) is 14.7 Å². The summed E-state index contributed by atoms with van der Waals surface area (Å²) in [6, 6.07) is 15.1. The number of benzene rings is 1. The molecule has 3 aromatic rings. The van der Waals surface area contributed by atoms with Crippen molar-refractivity contribution in [2.75, 3.05) is 26.7 Å². The summed E-state index contributed by atoms with van der Waals surface area (Å²) in [7, 11) is 2.05. The van der Waals surface area contributed by atoms with Crippen LogP contribution in [0.3, 0.4) is 0 Å². The topological polar surface area (TPSA) is 78.8 Å². The minimum atomic E-state index is -0.333. The summed E-state index contributed by atoms with van der Waals surface area (Å²) in [5.74, 6) is 6.33. The van der Waals surface area contributed by atoms with Gasteiger partial charge >= 0.3 is 0 Å². The van der Waals surface area contributed by atoms with Gasteiger partial charge < -0.3 is 14.7 Å². The molecule has 0 fully saturated rings. The number of carbonyl (C=O) groups is 1. The molecule has 1 aliphatic rings. The summed E-state index contributed by atoms with van der Waals surface area (Å²) in [5, 5.41) is 9.87. The van der Waals surface area contributed by atoms with Crippen LogP contribution in [0.4, 0.5) is 0 Å². The molecule has 3 atom stereocenters. The zero-order valence-electron chi connectivity index (χ0n) is 21.0. The lowest BCUT2D eigenvalue weighted by Crippen LogP contribution is -2.49. The second-order valence-corrected chi connectivity index (χ2v) is 9.37. The maximum atomic E-state index is 13.6. The van der Waals surface area contributed by atoms with Gasteiger partial charge in [-0.25, -0.2) is 4.98 Å². The number of pyridine rings is 2. The van der Waals surface area contributed by atoms with Crippen LogP contribution in [0.15, 0.2) is 67.1 Å². The number of hydrogen-bond donors (Lipinski definition) is 1. The molecular formula is C29H32N4O3. The Morgan fingerprint density at radius 2 is 1.89 bits per heavy atom. The molecule has 1 amide bonds. The van der Waals surface area contributed by atoms with E-state index in [1.54, 1.807) is 29.6 Å². The van der Waals surface area contributed by atoms with Crippen LogP contribution in [-0.2, 0) is 6.54 Å². The molecule has 3 heterocycles. The van der Waals surface area contributed by atoms with E-state index in [1.807, 2.05) is 56.4 Å². The molecule has 0 bridgehead atoms. The zero-order chi connectivity index (χ0) is 25.5. The molecule has 186 valence electrons. The Bertz CT molecular complexity index is 1220. The third-order valence-electron chi connectivity index (χ3n) is 6.34. The quantitative estimate of drug-likeness (QED) is 0.542. The third kappa shape index (κ3) is 6.28. The normalized spacial score (nSPS) is 18.4. The van der Waals surface area contributed by atoms with Crippen LogP contribution in [0.2, 0.25) is 0 Å². The first-order valence-corrected chi connectivity index (χ1v) is 12.2. The van der Waals surface area contributed by atoms with Crippen molar-refractivity contribution in [1.82, 2.24) is 19.8 Å². The molecule has 0 aliphatic carbocycles. The molecular weight excluding hydrogens is 452 g/mol. The SMILES string of the molecule is C[C@H](CO)N1C[C@H](C)[C@H](CN(C)Cc2ccncc2)Oc2ncc(C#Cc3ccccc3)cc2C1=O. The summed E-state index contributed by atoms with van der Waals surface area (Å²) < 4.78 is 6.38. The van der Waals surface area contributed by atoms with Crippen LogP contribution >= 0.6 is 0 Å². The van der Waals surface area contributed by atoms with Crippen LogP contribution in [0.1, 0.15) is 40.9 Å². The molecule has 0 radical (unpaired) electrons. The van der Waals surface area contributed by atoms with E-state index in [9.17, 15) is 9.90 Å². The van der Waals surface area contributed by atoms with Gasteiger partial charge in [0.05, 0.1) is 12.6 Å². The second kappa shape index (κ2) is 11.8. The van der Waals surface area contributed by atoms with Crippen molar-refractivity contribution in [3.8, 4) is 17.7 Å². The van der Waals surface area contributed by atoms with Crippen LogP contribution in [0.5, 0.6) is 5.88 Å². The van der Waals surface area contributed by atoms with Crippen molar-refractivity contribution < 1.29 is 14.6 Å². The summed E-state index contributed by atoms with van der Waals surface area (Å²) >= 11 is 0. The number of rotatable bonds is 6. The van der Waals surface area contributed by atoms with Gasteiger partial charge in [0.25, 0.3) is 5.91 Å². The predicted molar refractivity (Wildman–Crippen MR) is 138 cm³/mol. The molecule has 7 heteroatoms. The Labute approximate surface area is 212 Å². The number of ether oxygens (including phenoxy) is 1. The van der Waals surface area contributed by atoms with Crippen molar-refractivity contribution in [2.24, 2.45) is 5.92 Å². The van der Waals surface area contributed by atoms with Crippen LogP contribution < -0.4 is 4.74 Å². The number of hydrogen-bond acceptors (Lipinski definition) is 6. The first kappa shape index (κ1) is 25.4. The maximum absolute atomic E-state index is 13.6. The molecule has 0 saturated heterocycles. The van der Waals surface area contributed by atoms with E-state index in [2.05, 4.69) is 33.6 Å². The van der Waals surface area contributed by atoms with E-state index in [1.165, 1.54) is 0 Å². The molecule has 1 aliphatic heterocycles. The summed E-state index contributed by atoms with van der Waals surface area (Å²) in [5.41, 5.74) is 3.04. The van der Waals surface area contributed by atoms with Gasteiger partial charge in [-0.05, 0) is 49.9 Å². The van der Waals surface area contributed by atoms with Crippen molar-refractivity contribution in [3.63, 3.8) is 0 Å². The number of amides is 1. The summed E-state index contributed by atoms with van der Waals surface area (Å²) in [6.07, 6.45) is 5.02. The van der Waals surface area contributed by atoms with Gasteiger partial charge in [-0.15, -0.1) is 0 Å². The summed E-state index contributed by atoms with van der Waals surface area (Å²) in [4.78, 5) is 26.1. The van der Waals surface area contributed by atoms with E-state index in [4.69, 9.17) is 4.74 Å². The van der Waals surface area contributed by atoms with Crippen molar-refractivity contribution >= 4 is 5.91 Å². The van der Waals surface area contributed by atoms with Crippen molar-refractivity contribution in [3.05, 3.63) is 89.4 Å². The second-order valence-electron chi connectivity index (χ2n) is 9.37. The number of fused-ring (bicyclic) bond motifs is 1. The highest BCUT2D eigenvalue weighted by molar-refractivity contribution is 5.97. The molecule has 0 unspecified atom stereocenters. The number of carbonyl (C=O) groups excluding carboxylic acids is 1. The predicted octanol–water partition coefficient (Wildman–Crippen LogP) is 3.23. The summed E-state index contributed by atoms with van der Waals surface area (Å²) in [6.45, 7) is 5.66. The van der Waals surface area contributed by atoms with Crippen LogP contribution in [0.25, 0.3) is 0 Å². The fraction of sp³-hybridized carbons (Fsp3) is 0.345. The Kier molecular flexibility index (Phi) is 8.32. The Morgan fingerprint density at radius 3 is 2.61 bits per heavy atom. The molecule has 7 nitrogen and oxygen atoms in total. The first-order chi connectivity index (χ1) is 17.4. The highest BCUT2D eigenvalue weighted by Crippen LogP contribution is 2.27. The van der Waals surface area contributed by atoms with Gasteiger partial charge in [0.1, 0.15) is 11.7 Å². The Balaban J connectivity index is 1.63. The number of nitrogens with zero attached hydrogens (tertiary/aromatic N) is 4. The fourth-order valence-corrected chi connectivity index (χ4v) is 4.23. The smallest absolute Gasteiger partial charge is 0.259 e. The highest BCUT2D eigenvalue weighted by atomic mass is 16.5. The van der Waals surface area contributed by atoms with Gasteiger partial charge in [-0.2, -0.15) is 0 Å². The average molecular weight is 485 g/mol. The fourth-order valence-electron chi connectivity index (χ4n) is 4.23. The minimum absolute atomic E-state index is 0.0235. The zero-order valence-corrected chi connectivity index (χ0v) is 21.0. The van der Waals surface area contributed by atoms with Gasteiger partial charge in [0.15, 0.2) is 0 Å². The Hall–Kier alpha value is -3.73. The molecule has 0 saturated carbocycles. The number of aliphatic hydroxyl groups excluding tert-OH is 1. The monoisotopic (exact) mass is 484 g/mol. The molecule has 36 heavy (non-hydrogen) atoms. The van der Waals surface area contributed by atoms with Gasteiger partial charge in [0, 0.05) is 55.3 Å². The van der Waals surface area contributed by atoms with E-state index >= 15 is 0 Å². The Morgan fingerprint density at radius 1 is 1.17 bits per heavy atom. The van der Waals surface area contributed by atoms with Crippen molar-refractivity contribution in [1.29, 1.82) is 0 Å². The molecule has 4 rings (SSSR count). The van der Waals surface area contributed by atoms with Gasteiger partial charge in [-0.1, -0.05) is 37.0 Å². The number of aliphatic hydroxyl groups is 1. The highest BCUT2D eigenvalue weighted by Gasteiger charge is 2.34. The third-order valence-corrected chi connectivity index (χ3v) is 6.34. The average Bonchev–Trinajstić information content (AvgIpc) is 2.90. The lowest BCUT2D eigenvalue weighted by molar-refractivity contribution is 0.0325. The van der Waals surface area contributed by atoms with Gasteiger partial charge in [0.2, 0.25) is 5.88 Å². The van der Waals surface area contributed by atoms with Crippen LogP contribution in [-0.4, -0.2) is 69.7 Å². The van der Waals surface area contributed by atoms with Crippen LogP contribution in [0, 0.1) is 17.8 Å². The minimum Gasteiger partial charge on any atom is -0.472 e. The largest absolute Gasteiger partial charge is 0.472 e. The lowest BCUT2D eigenvalue weighted by atomic mass is 9.99. The molecule has 1 aromatic carbocycles. The molecule has 1 N–H and O–H groups in total. The molecule has 2 aromatic heterocycles. The lowest BCUT2D eigenvalue weighted by Gasteiger charge is -2.37. The first-order valence-electron chi connectivity index (χ1n) is 12.2. The number of likely N-dealkylation sites (N-methyl/N-ethyl adjacent to an activating group) is 1. The molecule has 0 spiro atoms. The van der Waals surface area contributed by atoms with E-state index in [0.29, 0.717) is 30.1 Å². The van der Waals surface area contributed by atoms with Crippen molar-refractivity contribution in [2.45, 2.75) is 32.5 Å². The van der Waals surface area contributed by atoms with E-state index in [0.717, 1.165) is 17.7 Å². The standard InChI is InChI=1S/C29H32N4O3/c1-21-17-33(22(2)20-34)29(35)26-15-25(10-9-23-7-5-4-6-8-23)16-31-28(26)36-27(21)19-32(3)18-24-11-13-30-14-12-24/h4-8,11-16,21-22,27,34H,17-20H2,1-3H3/t21-,22+,27-/m0/s1. The number of aromatic nitrogens is 2. The van der Waals surface area contributed by atoms with E-state index in [-0.39, 0.29) is 30.6 Å².